The average Bonchev–Trinajstić information content (AvgIpc) is 3.21. The van der Waals surface area contributed by atoms with Crippen molar-refractivity contribution in [3.8, 4) is 23.0 Å². The van der Waals surface area contributed by atoms with Gasteiger partial charge >= 0.3 is 0 Å². The number of methoxy groups -OCH3 is 4. The van der Waals surface area contributed by atoms with Crippen LogP contribution in [0.25, 0.3) is 0 Å². The summed E-state index contributed by atoms with van der Waals surface area (Å²) in [7, 11) is 6.67. The zero-order valence-electron chi connectivity index (χ0n) is 16.8. The van der Waals surface area contributed by atoms with Gasteiger partial charge in [-0.25, -0.2) is 0 Å². The molecule has 1 aliphatic heterocycles. The lowest BCUT2D eigenvalue weighted by Gasteiger charge is -2.26. The maximum absolute atomic E-state index is 5.56. The van der Waals surface area contributed by atoms with Crippen molar-refractivity contribution in [1.82, 2.24) is 4.90 Å². The summed E-state index contributed by atoms with van der Waals surface area (Å²) >= 11 is 0. The molecule has 0 bridgehead atoms. The number of para-hydroxylation sites is 1. The summed E-state index contributed by atoms with van der Waals surface area (Å²) < 4.78 is 22.0. The zero-order chi connectivity index (χ0) is 19.4. The molecule has 1 heterocycles. The molecule has 0 N–H and O–H groups in total. The second-order valence-electron chi connectivity index (χ2n) is 6.86. The summed E-state index contributed by atoms with van der Waals surface area (Å²) in [4.78, 5) is 2.50. The standard InChI is InChI=1S/C22H29NO4/c1-15(17-12-20(25-3)22(27-5)21(13-17)26-4)23-11-10-16(14-23)18-8-6-7-9-19(18)24-2/h6-9,12-13,15-16H,10-11,14H2,1-5H3/t15-,16-/m1/s1. The molecular formula is C22H29NO4. The second kappa shape index (κ2) is 8.53. The fourth-order valence-corrected chi connectivity index (χ4v) is 3.95. The van der Waals surface area contributed by atoms with Crippen molar-refractivity contribution in [3.05, 3.63) is 47.5 Å². The van der Waals surface area contributed by atoms with Crippen LogP contribution in [0, 0.1) is 0 Å². The first-order valence-corrected chi connectivity index (χ1v) is 9.29. The van der Waals surface area contributed by atoms with Crippen LogP contribution in [0.1, 0.15) is 36.4 Å². The van der Waals surface area contributed by atoms with Crippen molar-refractivity contribution < 1.29 is 18.9 Å². The van der Waals surface area contributed by atoms with E-state index >= 15 is 0 Å². The first kappa shape index (κ1) is 19.4. The Balaban J connectivity index is 1.82. The van der Waals surface area contributed by atoms with Crippen molar-refractivity contribution in [2.45, 2.75) is 25.3 Å². The monoisotopic (exact) mass is 371 g/mol. The fraction of sp³-hybridized carbons (Fsp3) is 0.455. The van der Waals surface area contributed by atoms with Crippen LogP contribution >= 0.6 is 0 Å². The lowest BCUT2D eigenvalue weighted by atomic mass is 9.97. The molecule has 0 radical (unpaired) electrons. The summed E-state index contributed by atoms with van der Waals surface area (Å²) in [6.07, 6.45) is 1.12. The lowest BCUT2D eigenvalue weighted by molar-refractivity contribution is 0.256. The van der Waals surface area contributed by atoms with Crippen molar-refractivity contribution in [2.24, 2.45) is 0 Å². The van der Waals surface area contributed by atoms with E-state index in [9.17, 15) is 0 Å². The highest BCUT2D eigenvalue weighted by Crippen LogP contribution is 2.42. The lowest BCUT2D eigenvalue weighted by Crippen LogP contribution is -2.24. The molecule has 2 aromatic rings. The molecule has 5 heteroatoms. The molecule has 0 unspecified atom stereocenters. The molecule has 3 rings (SSSR count). The molecule has 5 nitrogen and oxygen atoms in total. The molecule has 1 aliphatic rings. The van der Waals surface area contributed by atoms with Crippen LogP contribution in [0.3, 0.4) is 0 Å². The highest BCUT2D eigenvalue weighted by Gasteiger charge is 2.30. The quantitative estimate of drug-likeness (QED) is 0.727. The number of nitrogens with zero attached hydrogens (tertiary/aromatic N) is 1. The van der Waals surface area contributed by atoms with E-state index in [4.69, 9.17) is 18.9 Å². The van der Waals surface area contributed by atoms with Crippen LogP contribution in [-0.4, -0.2) is 46.4 Å². The third kappa shape index (κ3) is 3.83. The predicted octanol–water partition coefficient (Wildman–Crippen LogP) is 4.27. The molecule has 1 saturated heterocycles. The first-order valence-electron chi connectivity index (χ1n) is 9.29. The van der Waals surface area contributed by atoms with Gasteiger partial charge in [0.15, 0.2) is 11.5 Å². The van der Waals surface area contributed by atoms with Crippen LogP contribution < -0.4 is 18.9 Å². The molecule has 0 saturated carbocycles. The molecule has 146 valence electrons. The topological polar surface area (TPSA) is 40.2 Å². The smallest absolute Gasteiger partial charge is 0.203 e. The molecule has 1 fully saturated rings. The third-order valence-electron chi connectivity index (χ3n) is 5.52. The second-order valence-corrected chi connectivity index (χ2v) is 6.86. The Labute approximate surface area is 161 Å². The summed E-state index contributed by atoms with van der Waals surface area (Å²) in [6, 6.07) is 12.7. The number of benzene rings is 2. The van der Waals surface area contributed by atoms with E-state index in [-0.39, 0.29) is 6.04 Å². The Hall–Kier alpha value is -2.40. The van der Waals surface area contributed by atoms with E-state index in [1.165, 1.54) is 5.56 Å². The van der Waals surface area contributed by atoms with Gasteiger partial charge in [-0.3, -0.25) is 4.90 Å². The van der Waals surface area contributed by atoms with Gasteiger partial charge in [0, 0.05) is 18.5 Å². The van der Waals surface area contributed by atoms with Crippen LogP contribution in [-0.2, 0) is 0 Å². The number of ether oxygens (including phenoxy) is 4. The minimum Gasteiger partial charge on any atom is -0.496 e. The summed E-state index contributed by atoms with van der Waals surface area (Å²) in [5.74, 6) is 3.47. The van der Waals surface area contributed by atoms with Gasteiger partial charge in [-0.1, -0.05) is 18.2 Å². The SMILES string of the molecule is COc1ccccc1[C@@H]1CCN([C@H](C)c2cc(OC)c(OC)c(OC)c2)C1. The maximum atomic E-state index is 5.56. The van der Waals surface area contributed by atoms with E-state index < -0.39 is 0 Å². The van der Waals surface area contributed by atoms with Gasteiger partial charge in [-0.2, -0.15) is 0 Å². The van der Waals surface area contributed by atoms with Crippen molar-refractivity contribution in [3.63, 3.8) is 0 Å². The maximum Gasteiger partial charge on any atom is 0.203 e. The van der Waals surface area contributed by atoms with Gasteiger partial charge in [-0.15, -0.1) is 0 Å². The molecule has 2 atom stereocenters. The van der Waals surface area contributed by atoms with Gasteiger partial charge < -0.3 is 18.9 Å². The van der Waals surface area contributed by atoms with Crippen LogP contribution in [0.2, 0.25) is 0 Å². The molecule has 0 aromatic heterocycles. The number of hydrogen-bond acceptors (Lipinski definition) is 5. The summed E-state index contributed by atoms with van der Waals surface area (Å²) in [5.41, 5.74) is 2.45. The Morgan fingerprint density at radius 3 is 2.11 bits per heavy atom. The van der Waals surface area contributed by atoms with Gasteiger partial charge in [0.05, 0.1) is 28.4 Å². The summed E-state index contributed by atoms with van der Waals surface area (Å²) in [6.45, 7) is 4.27. The molecule has 2 aromatic carbocycles. The Bertz CT molecular complexity index is 752. The van der Waals surface area contributed by atoms with Crippen LogP contribution in [0.15, 0.2) is 36.4 Å². The number of hydrogen-bond donors (Lipinski definition) is 0. The zero-order valence-corrected chi connectivity index (χ0v) is 16.8. The normalized spacial score (nSPS) is 18.2. The van der Waals surface area contributed by atoms with Crippen molar-refractivity contribution in [1.29, 1.82) is 0 Å². The Morgan fingerprint density at radius 2 is 1.52 bits per heavy atom. The molecule has 0 spiro atoms. The first-order chi connectivity index (χ1) is 13.1. The minimum atomic E-state index is 0.249. The van der Waals surface area contributed by atoms with E-state index in [1.807, 2.05) is 24.3 Å². The van der Waals surface area contributed by atoms with E-state index in [0.717, 1.165) is 30.8 Å². The van der Waals surface area contributed by atoms with Crippen LogP contribution in [0.4, 0.5) is 0 Å². The predicted molar refractivity (Wildman–Crippen MR) is 106 cm³/mol. The number of likely N-dealkylation sites (tertiary alicyclic amines) is 1. The highest BCUT2D eigenvalue weighted by atomic mass is 16.5. The average molecular weight is 371 g/mol. The van der Waals surface area contributed by atoms with Gasteiger partial charge in [0.2, 0.25) is 5.75 Å². The van der Waals surface area contributed by atoms with E-state index in [1.54, 1.807) is 28.4 Å². The third-order valence-corrected chi connectivity index (χ3v) is 5.52. The highest BCUT2D eigenvalue weighted by molar-refractivity contribution is 5.54. The van der Waals surface area contributed by atoms with E-state index in [2.05, 4.69) is 24.0 Å². The van der Waals surface area contributed by atoms with Crippen molar-refractivity contribution in [2.75, 3.05) is 41.5 Å². The molecule has 27 heavy (non-hydrogen) atoms. The number of rotatable bonds is 7. The molecule has 0 amide bonds. The molecular weight excluding hydrogens is 342 g/mol. The Kier molecular flexibility index (Phi) is 6.11. The van der Waals surface area contributed by atoms with Crippen LogP contribution in [0.5, 0.6) is 23.0 Å². The minimum absolute atomic E-state index is 0.249. The van der Waals surface area contributed by atoms with Gasteiger partial charge in [-0.05, 0) is 49.2 Å². The molecule has 0 aliphatic carbocycles. The van der Waals surface area contributed by atoms with Crippen molar-refractivity contribution >= 4 is 0 Å². The summed E-state index contributed by atoms with van der Waals surface area (Å²) in [5, 5.41) is 0. The van der Waals surface area contributed by atoms with Gasteiger partial charge in [0.25, 0.3) is 0 Å². The largest absolute Gasteiger partial charge is 0.496 e. The fourth-order valence-electron chi connectivity index (χ4n) is 3.95. The van der Waals surface area contributed by atoms with Gasteiger partial charge in [0.1, 0.15) is 5.75 Å². The van der Waals surface area contributed by atoms with E-state index in [0.29, 0.717) is 23.2 Å². The Morgan fingerprint density at radius 1 is 0.889 bits per heavy atom.